The summed E-state index contributed by atoms with van der Waals surface area (Å²) in [4.78, 5) is 26.9. The summed E-state index contributed by atoms with van der Waals surface area (Å²) in [6.45, 7) is 0.643. The number of anilines is 3. The maximum atomic E-state index is 13.5. The molecule has 8 nitrogen and oxygen atoms in total. The van der Waals surface area contributed by atoms with Gasteiger partial charge in [-0.05, 0) is 44.4 Å². The van der Waals surface area contributed by atoms with Gasteiger partial charge in [-0.3, -0.25) is 10.1 Å². The van der Waals surface area contributed by atoms with Gasteiger partial charge >= 0.3 is 6.01 Å². The lowest BCUT2D eigenvalue weighted by molar-refractivity contribution is -0.112. The number of carbonyl (C=O) groups is 1. The van der Waals surface area contributed by atoms with E-state index in [0.717, 1.165) is 10.9 Å². The van der Waals surface area contributed by atoms with Crippen molar-refractivity contribution in [2.75, 3.05) is 31.3 Å². The molecule has 0 fully saturated rings. The average molecular weight is 467 g/mol. The fourth-order valence-corrected chi connectivity index (χ4v) is 3.19. The summed E-state index contributed by atoms with van der Waals surface area (Å²) < 4.78 is 18.9. The Bertz CT molecular complexity index is 1340. The Balaban J connectivity index is 1.57. The number of likely N-dealkylation sites (N-methyl/N-ethyl adjacent to an activating group) is 1. The Hall–Kier alpha value is -3.82. The van der Waals surface area contributed by atoms with Crippen LogP contribution in [0.5, 0.6) is 0 Å². The molecule has 10 heteroatoms. The van der Waals surface area contributed by atoms with E-state index in [-0.39, 0.29) is 16.9 Å². The molecular weight excluding hydrogens is 447 g/mol. The predicted molar refractivity (Wildman–Crippen MR) is 126 cm³/mol. The van der Waals surface area contributed by atoms with E-state index < -0.39 is 5.82 Å². The molecule has 168 valence electrons. The van der Waals surface area contributed by atoms with Crippen LogP contribution in [0.3, 0.4) is 0 Å². The zero-order valence-electron chi connectivity index (χ0n) is 17.8. The molecule has 0 atom stereocenters. The molecule has 0 unspecified atom stereocenters. The zero-order valence-corrected chi connectivity index (χ0v) is 18.6. The first kappa shape index (κ1) is 22.4. The van der Waals surface area contributed by atoms with Crippen LogP contribution in [0, 0.1) is 5.82 Å². The molecule has 0 saturated carbocycles. The van der Waals surface area contributed by atoms with Crippen molar-refractivity contribution in [1.29, 1.82) is 0 Å². The number of oxazole rings is 1. The van der Waals surface area contributed by atoms with Crippen LogP contribution < -0.4 is 10.6 Å². The van der Waals surface area contributed by atoms with E-state index in [4.69, 9.17) is 16.0 Å². The number of amides is 1. The number of carbonyl (C=O) groups excluding carboxylic acids is 1. The normalized spacial score (nSPS) is 11.4. The number of benzene rings is 2. The SMILES string of the molecule is CN(C)C/C=C/C(=O)Nc1nc(-c2ccc3ncnc(Nc4ccc(F)c(Cl)c4)c3c2)co1. The fourth-order valence-electron chi connectivity index (χ4n) is 3.01. The van der Waals surface area contributed by atoms with Crippen molar-refractivity contribution in [2.45, 2.75) is 0 Å². The Morgan fingerprint density at radius 3 is 2.85 bits per heavy atom. The third-order valence-electron chi connectivity index (χ3n) is 4.59. The lowest BCUT2D eigenvalue weighted by atomic mass is 10.1. The van der Waals surface area contributed by atoms with Gasteiger partial charge < -0.3 is 14.6 Å². The van der Waals surface area contributed by atoms with Gasteiger partial charge in [-0.15, -0.1) is 0 Å². The third kappa shape index (κ3) is 5.51. The predicted octanol–water partition coefficient (Wildman–Crippen LogP) is 4.88. The number of nitrogens with zero attached hydrogens (tertiary/aromatic N) is 4. The number of rotatable bonds is 7. The standard InChI is InChI=1S/C23H20ClFN6O2/c1-31(2)9-3-4-21(32)30-23-29-20(12-33-23)14-5-8-19-16(10-14)22(27-13-26-19)28-15-6-7-18(25)17(24)11-15/h3-8,10-13H,9H2,1-2H3,(H,26,27,28)(H,29,30,32)/b4-3+. The van der Waals surface area contributed by atoms with Gasteiger partial charge in [0.15, 0.2) is 0 Å². The molecule has 2 N–H and O–H groups in total. The lowest BCUT2D eigenvalue weighted by Crippen LogP contribution is -2.13. The molecule has 2 aromatic heterocycles. The molecule has 0 aliphatic rings. The van der Waals surface area contributed by atoms with E-state index in [1.807, 2.05) is 37.2 Å². The smallest absolute Gasteiger partial charge is 0.302 e. The molecule has 0 aliphatic heterocycles. The van der Waals surface area contributed by atoms with E-state index in [1.54, 1.807) is 12.1 Å². The van der Waals surface area contributed by atoms with E-state index in [2.05, 4.69) is 25.6 Å². The molecular formula is C23H20ClFN6O2. The summed E-state index contributed by atoms with van der Waals surface area (Å²) in [7, 11) is 3.82. The number of fused-ring (bicyclic) bond motifs is 1. The number of hydrogen-bond donors (Lipinski definition) is 2. The fraction of sp³-hybridized carbons (Fsp3) is 0.130. The molecule has 33 heavy (non-hydrogen) atoms. The van der Waals surface area contributed by atoms with Gasteiger partial charge in [0.25, 0.3) is 5.91 Å². The summed E-state index contributed by atoms with van der Waals surface area (Å²) in [6, 6.07) is 9.94. The van der Waals surface area contributed by atoms with Crippen LogP contribution in [0.1, 0.15) is 0 Å². The Labute approximate surface area is 194 Å². The van der Waals surface area contributed by atoms with Gasteiger partial charge in [-0.25, -0.2) is 14.4 Å². The van der Waals surface area contributed by atoms with Crippen molar-refractivity contribution in [3.63, 3.8) is 0 Å². The molecule has 4 rings (SSSR count). The van der Waals surface area contributed by atoms with Gasteiger partial charge in [0.1, 0.15) is 29.9 Å². The Kier molecular flexibility index (Phi) is 6.62. The first-order valence-corrected chi connectivity index (χ1v) is 10.3. The topological polar surface area (TPSA) is 96.2 Å². The Morgan fingerprint density at radius 1 is 1.21 bits per heavy atom. The van der Waals surface area contributed by atoms with Crippen molar-refractivity contribution >= 4 is 45.9 Å². The second-order valence-corrected chi connectivity index (χ2v) is 7.81. The quantitative estimate of drug-likeness (QED) is 0.375. The third-order valence-corrected chi connectivity index (χ3v) is 4.88. The highest BCUT2D eigenvalue weighted by molar-refractivity contribution is 6.31. The first-order valence-electron chi connectivity index (χ1n) is 9.94. The van der Waals surface area contributed by atoms with Crippen LogP contribution in [0.15, 0.2) is 65.6 Å². The second kappa shape index (κ2) is 9.76. The van der Waals surface area contributed by atoms with Gasteiger partial charge in [0.05, 0.1) is 10.5 Å². The zero-order chi connectivity index (χ0) is 23.4. The minimum absolute atomic E-state index is 0.00721. The largest absolute Gasteiger partial charge is 0.431 e. The van der Waals surface area contributed by atoms with Crippen LogP contribution in [-0.2, 0) is 4.79 Å². The number of aromatic nitrogens is 3. The van der Waals surface area contributed by atoms with Crippen LogP contribution >= 0.6 is 11.6 Å². The molecule has 1 amide bonds. The monoisotopic (exact) mass is 466 g/mol. The minimum Gasteiger partial charge on any atom is -0.431 e. The lowest BCUT2D eigenvalue weighted by Gasteiger charge is -2.09. The van der Waals surface area contributed by atoms with Crippen LogP contribution in [0.25, 0.3) is 22.2 Å². The van der Waals surface area contributed by atoms with Gasteiger partial charge in [-0.1, -0.05) is 23.7 Å². The first-order chi connectivity index (χ1) is 15.9. The number of halogens is 2. The van der Waals surface area contributed by atoms with Crippen molar-refractivity contribution < 1.29 is 13.6 Å². The molecule has 0 aliphatic carbocycles. The van der Waals surface area contributed by atoms with Crippen molar-refractivity contribution in [1.82, 2.24) is 19.9 Å². The molecule has 2 heterocycles. The molecule has 4 aromatic rings. The van der Waals surface area contributed by atoms with Gasteiger partial charge in [-0.2, -0.15) is 4.98 Å². The molecule has 0 saturated heterocycles. The molecule has 0 bridgehead atoms. The maximum Gasteiger partial charge on any atom is 0.302 e. The summed E-state index contributed by atoms with van der Waals surface area (Å²) in [5.41, 5.74) is 2.56. The van der Waals surface area contributed by atoms with Gasteiger partial charge in [0, 0.05) is 29.3 Å². The maximum absolute atomic E-state index is 13.5. The summed E-state index contributed by atoms with van der Waals surface area (Å²) in [5.74, 6) is -0.312. The highest BCUT2D eigenvalue weighted by Gasteiger charge is 2.12. The molecule has 2 aromatic carbocycles. The van der Waals surface area contributed by atoms with E-state index >= 15 is 0 Å². The molecule has 0 radical (unpaired) electrons. The van der Waals surface area contributed by atoms with Crippen molar-refractivity contribution in [3.8, 4) is 11.3 Å². The highest BCUT2D eigenvalue weighted by atomic mass is 35.5. The summed E-state index contributed by atoms with van der Waals surface area (Å²) in [5, 5.41) is 6.46. The average Bonchev–Trinajstić information content (AvgIpc) is 3.24. The second-order valence-electron chi connectivity index (χ2n) is 7.40. The highest BCUT2D eigenvalue weighted by Crippen LogP contribution is 2.30. The van der Waals surface area contributed by atoms with Gasteiger partial charge in [0.2, 0.25) is 0 Å². The van der Waals surface area contributed by atoms with Crippen LogP contribution in [-0.4, -0.2) is 46.4 Å². The number of nitrogens with one attached hydrogen (secondary N) is 2. The van der Waals surface area contributed by atoms with Crippen molar-refractivity contribution in [2.24, 2.45) is 0 Å². The Morgan fingerprint density at radius 2 is 2.06 bits per heavy atom. The number of hydrogen-bond acceptors (Lipinski definition) is 7. The van der Waals surface area contributed by atoms with Crippen LogP contribution in [0.2, 0.25) is 5.02 Å². The van der Waals surface area contributed by atoms with Crippen molar-refractivity contribution in [3.05, 3.63) is 72.0 Å². The van der Waals surface area contributed by atoms with E-state index in [1.165, 1.54) is 30.8 Å². The van der Waals surface area contributed by atoms with E-state index in [0.29, 0.717) is 29.3 Å². The van der Waals surface area contributed by atoms with E-state index in [9.17, 15) is 9.18 Å². The molecule has 0 spiro atoms. The summed E-state index contributed by atoms with van der Waals surface area (Å²) >= 11 is 5.88. The minimum atomic E-state index is -0.501. The summed E-state index contributed by atoms with van der Waals surface area (Å²) in [6.07, 6.45) is 6.06. The van der Waals surface area contributed by atoms with Crippen LogP contribution in [0.4, 0.5) is 21.9 Å².